The number of amides is 2. The number of benzene rings is 2. The first-order valence-electron chi connectivity index (χ1n) is 9.55. The normalized spacial score (nSPS) is 16.0. The Hall–Kier alpha value is -2.67. The van der Waals surface area contributed by atoms with Gasteiger partial charge in [-0.2, -0.15) is 0 Å². The Morgan fingerprint density at radius 3 is 2.69 bits per heavy atom. The molecule has 1 N–H and O–H groups in total. The third kappa shape index (κ3) is 5.23. The zero-order chi connectivity index (χ0) is 20.8. The topological polar surface area (TPSA) is 67.9 Å². The van der Waals surface area contributed by atoms with Gasteiger partial charge in [-0.3, -0.25) is 9.59 Å². The molecular weight excluding hydrogens is 388 g/mol. The molecule has 0 radical (unpaired) electrons. The van der Waals surface area contributed by atoms with E-state index >= 15 is 0 Å². The van der Waals surface area contributed by atoms with Crippen molar-refractivity contribution in [1.82, 2.24) is 5.32 Å². The van der Waals surface area contributed by atoms with Crippen LogP contribution in [-0.2, 0) is 16.0 Å². The molecule has 1 aliphatic rings. The lowest BCUT2D eigenvalue weighted by molar-refractivity contribution is -0.123. The van der Waals surface area contributed by atoms with E-state index in [4.69, 9.17) is 9.47 Å². The molecule has 1 heterocycles. The number of carbonyl (C=O) groups excluding carboxylic acids is 2. The van der Waals surface area contributed by atoms with Crippen LogP contribution in [0.2, 0.25) is 0 Å². The summed E-state index contributed by atoms with van der Waals surface area (Å²) in [5.74, 6) is 1.14. The fourth-order valence-electron chi connectivity index (χ4n) is 3.28. The van der Waals surface area contributed by atoms with Crippen LogP contribution in [0.15, 0.2) is 47.4 Å². The summed E-state index contributed by atoms with van der Waals surface area (Å²) in [5.41, 5.74) is 1.84. The summed E-state index contributed by atoms with van der Waals surface area (Å²) < 4.78 is 10.6. The van der Waals surface area contributed by atoms with E-state index in [1.807, 2.05) is 49.4 Å². The fourth-order valence-corrected chi connectivity index (χ4v) is 4.40. The van der Waals surface area contributed by atoms with Gasteiger partial charge in [0, 0.05) is 23.1 Å². The second-order valence-electron chi connectivity index (χ2n) is 6.87. The van der Waals surface area contributed by atoms with Crippen molar-refractivity contribution in [1.29, 1.82) is 0 Å². The van der Waals surface area contributed by atoms with Crippen LogP contribution in [0.5, 0.6) is 11.5 Å². The van der Waals surface area contributed by atoms with Crippen LogP contribution in [0.3, 0.4) is 0 Å². The van der Waals surface area contributed by atoms with Gasteiger partial charge in [-0.1, -0.05) is 25.1 Å². The smallest absolute Gasteiger partial charge is 0.240 e. The molecule has 1 atom stereocenters. The minimum Gasteiger partial charge on any atom is -0.493 e. The first-order chi connectivity index (χ1) is 14.0. The SMILES string of the molecule is COc1ccc(CCNC(=O)CN2C(=O)CC(C)Sc3ccccc32)cc1OC. The van der Waals surface area contributed by atoms with Crippen LogP contribution in [0, 0.1) is 0 Å². The van der Waals surface area contributed by atoms with Gasteiger partial charge in [0.1, 0.15) is 6.54 Å². The molecule has 154 valence electrons. The Kier molecular flexibility index (Phi) is 7.04. The molecule has 7 heteroatoms. The van der Waals surface area contributed by atoms with Gasteiger partial charge in [0.15, 0.2) is 11.5 Å². The van der Waals surface area contributed by atoms with E-state index in [0.29, 0.717) is 30.9 Å². The van der Waals surface area contributed by atoms with E-state index in [1.54, 1.807) is 30.9 Å². The predicted octanol–water partition coefficient (Wildman–Crippen LogP) is 3.28. The van der Waals surface area contributed by atoms with Crippen LogP contribution in [0.25, 0.3) is 0 Å². The van der Waals surface area contributed by atoms with Crippen molar-refractivity contribution in [2.24, 2.45) is 0 Å². The molecule has 6 nitrogen and oxygen atoms in total. The minimum atomic E-state index is -0.173. The number of thioether (sulfide) groups is 1. The molecular formula is C22H26N2O4S. The second kappa shape index (κ2) is 9.69. The largest absolute Gasteiger partial charge is 0.493 e. The van der Waals surface area contributed by atoms with Crippen LogP contribution < -0.4 is 19.7 Å². The fraction of sp³-hybridized carbons (Fsp3) is 0.364. The van der Waals surface area contributed by atoms with Gasteiger partial charge in [0.05, 0.1) is 19.9 Å². The van der Waals surface area contributed by atoms with Gasteiger partial charge in [0.2, 0.25) is 11.8 Å². The lowest BCUT2D eigenvalue weighted by Crippen LogP contribution is -2.41. The summed E-state index contributed by atoms with van der Waals surface area (Å²) in [7, 11) is 3.19. The summed E-state index contributed by atoms with van der Waals surface area (Å²) in [4.78, 5) is 27.8. The summed E-state index contributed by atoms with van der Waals surface area (Å²) in [6, 6.07) is 13.4. The molecule has 1 aliphatic heterocycles. The zero-order valence-corrected chi connectivity index (χ0v) is 17.8. The van der Waals surface area contributed by atoms with E-state index in [0.717, 1.165) is 16.1 Å². The molecule has 2 aromatic carbocycles. The molecule has 0 spiro atoms. The van der Waals surface area contributed by atoms with Crippen LogP contribution in [0.1, 0.15) is 18.9 Å². The number of fused-ring (bicyclic) bond motifs is 1. The van der Waals surface area contributed by atoms with Crippen LogP contribution in [-0.4, -0.2) is 44.4 Å². The maximum atomic E-state index is 12.7. The number of methoxy groups -OCH3 is 2. The minimum absolute atomic E-state index is 0.0229. The highest BCUT2D eigenvalue weighted by Gasteiger charge is 2.27. The molecule has 2 amide bonds. The van der Waals surface area contributed by atoms with Gasteiger partial charge in [0.25, 0.3) is 0 Å². The molecule has 3 rings (SSSR count). The van der Waals surface area contributed by atoms with Gasteiger partial charge in [-0.15, -0.1) is 11.8 Å². The highest BCUT2D eigenvalue weighted by Crippen LogP contribution is 2.37. The number of carbonyl (C=O) groups is 2. The lowest BCUT2D eigenvalue weighted by Gasteiger charge is -2.22. The quantitative estimate of drug-likeness (QED) is 0.753. The maximum absolute atomic E-state index is 12.7. The number of hydrogen-bond acceptors (Lipinski definition) is 5. The number of ether oxygens (including phenoxy) is 2. The second-order valence-corrected chi connectivity index (χ2v) is 8.35. The molecule has 29 heavy (non-hydrogen) atoms. The third-order valence-electron chi connectivity index (χ3n) is 4.73. The maximum Gasteiger partial charge on any atom is 0.240 e. The Bertz CT molecular complexity index is 887. The molecule has 0 aliphatic carbocycles. The lowest BCUT2D eigenvalue weighted by atomic mass is 10.1. The van der Waals surface area contributed by atoms with Crippen molar-refractivity contribution in [2.45, 2.75) is 29.9 Å². The first-order valence-corrected chi connectivity index (χ1v) is 10.4. The van der Waals surface area contributed by atoms with E-state index in [1.165, 1.54) is 0 Å². The number of nitrogens with zero attached hydrogens (tertiary/aromatic N) is 1. The Balaban J connectivity index is 1.60. The highest BCUT2D eigenvalue weighted by atomic mass is 32.2. The standard InChI is InChI=1S/C22H26N2O4S/c1-15-12-22(26)24(17-6-4-5-7-20(17)29-15)14-21(25)23-11-10-16-8-9-18(27-2)19(13-16)28-3/h4-9,13,15H,10-12,14H2,1-3H3,(H,23,25). The summed E-state index contributed by atoms with van der Waals surface area (Å²) in [5, 5.41) is 3.10. The van der Waals surface area contributed by atoms with Gasteiger partial charge in [-0.25, -0.2) is 0 Å². The monoisotopic (exact) mass is 414 g/mol. The average molecular weight is 415 g/mol. The molecule has 0 saturated carbocycles. The summed E-state index contributed by atoms with van der Waals surface area (Å²) in [6.45, 7) is 2.53. The third-order valence-corrected chi connectivity index (χ3v) is 5.90. The first kappa shape index (κ1) is 21.0. The predicted molar refractivity (Wildman–Crippen MR) is 115 cm³/mol. The molecule has 2 aromatic rings. The van der Waals surface area contributed by atoms with Crippen molar-refractivity contribution in [3.05, 3.63) is 48.0 Å². The van der Waals surface area contributed by atoms with Crippen molar-refractivity contribution < 1.29 is 19.1 Å². The number of para-hydroxylation sites is 1. The number of rotatable bonds is 7. The van der Waals surface area contributed by atoms with Crippen LogP contribution in [0.4, 0.5) is 5.69 Å². The highest BCUT2D eigenvalue weighted by molar-refractivity contribution is 8.00. The van der Waals surface area contributed by atoms with Crippen molar-refractivity contribution in [2.75, 3.05) is 32.2 Å². The van der Waals surface area contributed by atoms with Gasteiger partial charge >= 0.3 is 0 Å². The van der Waals surface area contributed by atoms with Gasteiger partial charge in [-0.05, 0) is 36.2 Å². The Labute approximate surface area is 175 Å². The molecule has 1 unspecified atom stereocenters. The summed E-state index contributed by atoms with van der Waals surface area (Å²) in [6.07, 6.45) is 1.07. The van der Waals surface area contributed by atoms with E-state index in [9.17, 15) is 9.59 Å². The van der Waals surface area contributed by atoms with Crippen molar-refractivity contribution in [3.8, 4) is 11.5 Å². The van der Waals surface area contributed by atoms with Crippen molar-refractivity contribution in [3.63, 3.8) is 0 Å². The van der Waals surface area contributed by atoms with Crippen molar-refractivity contribution >= 4 is 29.3 Å². The zero-order valence-electron chi connectivity index (χ0n) is 16.9. The average Bonchev–Trinajstić information content (AvgIpc) is 2.83. The van der Waals surface area contributed by atoms with E-state index in [2.05, 4.69) is 5.32 Å². The van der Waals surface area contributed by atoms with Gasteiger partial charge < -0.3 is 19.7 Å². The van der Waals surface area contributed by atoms with E-state index < -0.39 is 0 Å². The summed E-state index contributed by atoms with van der Waals surface area (Å²) >= 11 is 1.67. The number of hydrogen-bond donors (Lipinski definition) is 1. The molecule has 0 fully saturated rings. The van der Waals surface area contributed by atoms with E-state index in [-0.39, 0.29) is 23.6 Å². The van der Waals surface area contributed by atoms with Crippen LogP contribution >= 0.6 is 11.8 Å². The molecule has 0 saturated heterocycles. The number of nitrogens with one attached hydrogen (secondary N) is 1. The Morgan fingerprint density at radius 2 is 1.93 bits per heavy atom. The Morgan fingerprint density at radius 1 is 1.17 bits per heavy atom. The number of anilines is 1. The molecule has 0 aromatic heterocycles. The molecule has 0 bridgehead atoms.